The first kappa shape index (κ1) is 19.6. The monoisotopic (exact) mass is 431 g/mol. The maximum atomic E-state index is 7.08. The molecule has 4 fully saturated rings. The van der Waals surface area contributed by atoms with Crippen LogP contribution in [0.2, 0.25) is 0 Å². The van der Waals surface area contributed by atoms with Gasteiger partial charge in [0.1, 0.15) is 5.75 Å². The third-order valence-electron chi connectivity index (χ3n) is 9.19. The van der Waals surface area contributed by atoms with Crippen molar-refractivity contribution in [3.8, 4) is 5.75 Å². The summed E-state index contributed by atoms with van der Waals surface area (Å²) in [7, 11) is 1.78. The van der Waals surface area contributed by atoms with Crippen molar-refractivity contribution in [1.29, 1.82) is 0 Å². The summed E-state index contributed by atoms with van der Waals surface area (Å²) < 4.78 is 19.3. The molecule has 1 saturated carbocycles. The molecule has 0 N–H and O–H groups in total. The molecule has 3 aliphatic heterocycles. The fourth-order valence-corrected chi connectivity index (χ4v) is 7.53. The molecule has 3 saturated heterocycles. The predicted octanol–water partition coefficient (Wildman–Crippen LogP) is 4.49. The minimum atomic E-state index is -0.120. The molecule has 0 radical (unpaired) electrons. The van der Waals surface area contributed by atoms with Crippen LogP contribution < -0.4 is 4.74 Å². The van der Waals surface area contributed by atoms with Crippen molar-refractivity contribution in [2.24, 2.45) is 5.92 Å². The molecule has 1 spiro atoms. The van der Waals surface area contributed by atoms with Gasteiger partial charge in [-0.1, -0.05) is 36.4 Å². The van der Waals surface area contributed by atoms with Crippen molar-refractivity contribution >= 4 is 0 Å². The van der Waals surface area contributed by atoms with Crippen LogP contribution in [0.15, 0.2) is 48.5 Å². The number of nitrogens with zero attached hydrogens (tertiary/aromatic N) is 1. The first-order valence-electron chi connectivity index (χ1n) is 12.5. The summed E-state index contributed by atoms with van der Waals surface area (Å²) in [4.78, 5) is 2.80. The highest BCUT2D eigenvalue weighted by Crippen LogP contribution is 2.66. The Kier molecular flexibility index (Phi) is 4.32. The molecule has 4 bridgehead atoms. The largest absolute Gasteiger partial charge is 0.497 e. The van der Waals surface area contributed by atoms with Gasteiger partial charge < -0.3 is 14.2 Å². The number of ether oxygens (including phenoxy) is 3. The van der Waals surface area contributed by atoms with E-state index in [4.69, 9.17) is 14.2 Å². The number of benzene rings is 2. The molecule has 168 valence electrons. The molecule has 0 unspecified atom stereocenters. The minimum Gasteiger partial charge on any atom is -0.497 e. The number of piperidine rings is 1. The van der Waals surface area contributed by atoms with Gasteiger partial charge in [0.25, 0.3) is 0 Å². The smallest absolute Gasteiger partial charge is 0.119 e. The number of rotatable bonds is 6. The zero-order valence-electron chi connectivity index (χ0n) is 19.0. The predicted molar refractivity (Wildman–Crippen MR) is 123 cm³/mol. The lowest BCUT2D eigenvalue weighted by atomic mass is 9.51. The number of likely N-dealkylation sites (tertiary alicyclic amines) is 1. The van der Waals surface area contributed by atoms with Gasteiger partial charge in [0.2, 0.25) is 0 Å². The summed E-state index contributed by atoms with van der Waals surface area (Å²) in [6, 6.07) is 17.8. The Hall–Kier alpha value is -1.88. The van der Waals surface area contributed by atoms with Crippen molar-refractivity contribution in [2.75, 3.05) is 20.2 Å². The van der Waals surface area contributed by atoms with E-state index in [0.29, 0.717) is 12.6 Å². The average Bonchev–Trinajstić information content (AvgIpc) is 3.48. The quantitative estimate of drug-likeness (QED) is 0.674. The van der Waals surface area contributed by atoms with E-state index < -0.39 is 0 Å². The van der Waals surface area contributed by atoms with Crippen LogP contribution in [-0.4, -0.2) is 49.0 Å². The minimum absolute atomic E-state index is 0.108. The van der Waals surface area contributed by atoms with Crippen molar-refractivity contribution < 1.29 is 14.2 Å². The SMILES string of the molecule is COc1ccc2c(c1)[C@]13CCN(CC4CC4)[C@H](C2)[C@]12C[C@H](OCc1ccccc1)[C@H](C3)O2. The molecule has 32 heavy (non-hydrogen) atoms. The molecular weight excluding hydrogens is 398 g/mol. The summed E-state index contributed by atoms with van der Waals surface area (Å²) in [6.07, 6.45) is 7.58. The highest BCUT2D eigenvalue weighted by atomic mass is 16.6. The van der Waals surface area contributed by atoms with E-state index in [1.165, 1.54) is 49.0 Å². The van der Waals surface area contributed by atoms with E-state index >= 15 is 0 Å². The molecular formula is C28H33NO3. The van der Waals surface area contributed by atoms with Crippen molar-refractivity contribution in [1.82, 2.24) is 4.90 Å². The standard InChI is InChI=1S/C28H33NO3/c1-30-22-10-9-21-13-26-28-16-24(31-18-20-5-3-2-4-6-20)25(32-28)15-27(28,23(21)14-22)11-12-29(26)17-19-7-8-19/h2-6,9-10,14,19,24-26H,7-8,11-13,15-18H2,1H3/t24-,25-,26+,27+,28+/m0/s1. The van der Waals surface area contributed by atoms with Gasteiger partial charge in [0.05, 0.1) is 31.5 Å². The van der Waals surface area contributed by atoms with Crippen LogP contribution in [0, 0.1) is 5.92 Å². The van der Waals surface area contributed by atoms with Crippen LogP contribution in [0.5, 0.6) is 5.75 Å². The number of hydrogen-bond donors (Lipinski definition) is 0. The number of hydrogen-bond acceptors (Lipinski definition) is 4. The Bertz CT molecular complexity index is 1020. The molecule has 2 aromatic carbocycles. The van der Waals surface area contributed by atoms with Crippen LogP contribution in [0.3, 0.4) is 0 Å². The molecule has 3 heterocycles. The Morgan fingerprint density at radius 1 is 1.09 bits per heavy atom. The zero-order chi connectivity index (χ0) is 21.3. The molecule has 5 aliphatic rings. The highest BCUT2D eigenvalue weighted by Gasteiger charge is 2.74. The summed E-state index contributed by atoms with van der Waals surface area (Å²) in [5.41, 5.74) is 4.25. The Balaban J connectivity index is 1.24. The molecule has 2 aromatic rings. The zero-order valence-corrected chi connectivity index (χ0v) is 19.0. The molecule has 0 aromatic heterocycles. The lowest BCUT2D eigenvalue weighted by molar-refractivity contribution is -0.122. The molecule has 4 heteroatoms. The van der Waals surface area contributed by atoms with Crippen LogP contribution in [0.25, 0.3) is 0 Å². The van der Waals surface area contributed by atoms with Gasteiger partial charge in [-0.2, -0.15) is 0 Å². The maximum Gasteiger partial charge on any atom is 0.119 e. The highest BCUT2D eigenvalue weighted by molar-refractivity contribution is 5.50. The lowest BCUT2D eigenvalue weighted by Gasteiger charge is -2.60. The second-order valence-corrected chi connectivity index (χ2v) is 10.8. The van der Waals surface area contributed by atoms with E-state index in [2.05, 4.69) is 53.4 Å². The first-order chi connectivity index (χ1) is 15.7. The third kappa shape index (κ3) is 2.72. The summed E-state index contributed by atoms with van der Waals surface area (Å²) >= 11 is 0. The second kappa shape index (κ2) is 7.06. The van der Waals surface area contributed by atoms with E-state index in [9.17, 15) is 0 Å². The molecule has 5 atom stereocenters. The van der Waals surface area contributed by atoms with Gasteiger partial charge in [0, 0.05) is 24.4 Å². The second-order valence-electron chi connectivity index (χ2n) is 10.8. The van der Waals surface area contributed by atoms with E-state index in [-0.39, 0.29) is 23.2 Å². The Morgan fingerprint density at radius 3 is 2.78 bits per heavy atom. The van der Waals surface area contributed by atoms with Crippen LogP contribution in [0.4, 0.5) is 0 Å². The van der Waals surface area contributed by atoms with E-state index in [0.717, 1.165) is 30.9 Å². The maximum absolute atomic E-state index is 7.08. The van der Waals surface area contributed by atoms with Gasteiger partial charge in [-0.25, -0.2) is 0 Å². The summed E-state index contributed by atoms with van der Waals surface area (Å²) in [6.45, 7) is 3.12. The topological polar surface area (TPSA) is 30.9 Å². The molecule has 4 nitrogen and oxygen atoms in total. The van der Waals surface area contributed by atoms with Crippen molar-refractivity contribution in [3.63, 3.8) is 0 Å². The van der Waals surface area contributed by atoms with Crippen LogP contribution >= 0.6 is 0 Å². The number of methoxy groups -OCH3 is 1. The van der Waals surface area contributed by atoms with Crippen molar-refractivity contribution in [3.05, 3.63) is 65.2 Å². The van der Waals surface area contributed by atoms with Gasteiger partial charge in [0.15, 0.2) is 0 Å². The lowest BCUT2D eigenvalue weighted by Crippen LogP contribution is -2.70. The van der Waals surface area contributed by atoms with E-state index in [1.807, 2.05) is 0 Å². The molecule has 7 rings (SSSR count). The Morgan fingerprint density at radius 2 is 1.97 bits per heavy atom. The third-order valence-corrected chi connectivity index (χ3v) is 9.19. The first-order valence-corrected chi connectivity index (χ1v) is 12.5. The van der Waals surface area contributed by atoms with Crippen LogP contribution in [-0.2, 0) is 27.9 Å². The van der Waals surface area contributed by atoms with Gasteiger partial charge in [-0.3, -0.25) is 4.90 Å². The van der Waals surface area contributed by atoms with Crippen molar-refractivity contribution in [2.45, 2.75) is 74.4 Å². The van der Waals surface area contributed by atoms with E-state index in [1.54, 1.807) is 7.11 Å². The Labute approximate surface area is 190 Å². The fraction of sp³-hybridized carbons (Fsp3) is 0.571. The molecule has 0 amide bonds. The summed E-state index contributed by atoms with van der Waals surface area (Å²) in [5, 5.41) is 0. The van der Waals surface area contributed by atoms with Gasteiger partial charge >= 0.3 is 0 Å². The normalized spacial score (nSPS) is 37.2. The number of fused-ring (bicyclic) bond motifs is 2. The molecule has 2 aliphatic carbocycles. The average molecular weight is 432 g/mol. The summed E-state index contributed by atoms with van der Waals surface area (Å²) in [5.74, 6) is 1.88. The van der Waals surface area contributed by atoms with Gasteiger partial charge in [-0.05, 0) is 73.4 Å². The van der Waals surface area contributed by atoms with Crippen LogP contribution in [0.1, 0.15) is 48.8 Å². The van der Waals surface area contributed by atoms with Gasteiger partial charge in [-0.15, -0.1) is 0 Å². The fourth-order valence-electron chi connectivity index (χ4n) is 7.53.